The quantitative estimate of drug-likeness (QED) is 0.482. The van der Waals surface area contributed by atoms with Crippen LogP contribution >= 0.6 is 0 Å². The molecule has 1 saturated heterocycles. The topological polar surface area (TPSA) is 119 Å². The number of benzene rings is 1. The van der Waals surface area contributed by atoms with Gasteiger partial charge in [-0.05, 0) is 25.0 Å². The summed E-state index contributed by atoms with van der Waals surface area (Å²) in [5, 5.41) is 13.5. The van der Waals surface area contributed by atoms with Crippen LogP contribution in [0, 0.1) is 10.1 Å². The molecule has 2 amide bonds. The average Bonchev–Trinajstić information content (AvgIpc) is 2.84. The van der Waals surface area contributed by atoms with Crippen molar-refractivity contribution >= 4 is 23.2 Å². The molecule has 0 atom stereocenters. The first-order valence-electron chi connectivity index (χ1n) is 8.09. The number of nitrogen functional groups attached to an aromatic ring is 1. The van der Waals surface area contributed by atoms with Crippen molar-refractivity contribution in [2.24, 2.45) is 0 Å². The Bertz CT molecular complexity index is 625. The molecule has 0 bridgehead atoms. The van der Waals surface area contributed by atoms with Crippen LogP contribution in [0.5, 0.6) is 0 Å². The zero-order valence-corrected chi connectivity index (χ0v) is 13.5. The summed E-state index contributed by atoms with van der Waals surface area (Å²) in [7, 11) is 0. The van der Waals surface area contributed by atoms with Gasteiger partial charge in [-0.25, -0.2) is 0 Å². The van der Waals surface area contributed by atoms with Crippen LogP contribution in [0.4, 0.5) is 11.4 Å². The Balaban J connectivity index is 1.85. The largest absolute Gasteiger partial charge is 0.393 e. The number of nitrogens with zero attached hydrogens (tertiary/aromatic N) is 2. The fourth-order valence-electron chi connectivity index (χ4n) is 2.71. The first kappa shape index (κ1) is 17.7. The Morgan fingerprint density at radius 1 is 1.21 bits per heavy atom. The van der Waals surface area contributed by atoms with Crippen LogP contribution in [-0.2, 0) is 4.79 Å². The van der Waals surface area contributed by atoms with Gasteiger partial charge in [0.25, 0.3) is 11.6 Å². The molecule has 0 radical (unpaired) electrons. The summed E-state index contributed by atoms with van der Waals surface area (Å²) in [6.45, 7) is 1.75. The van der Waals surface area contributed by atoms with Gasteiger partial charge in [-0.3, -0.25) is 19.7 Å². The van der Waals surface area contributed by atoms with Gasteiger partial charge in [0.05, 0.1) is 4.92 Å². The number of hydrogen-bond donors (Lipinski definition) is 2. The highest BCUT2D eigenvalue weighted by Crippen LogP contribution is 2.22. The van der Waals surface area contributed by atoms with Crippen molar-refractivity contribution in [2.45, 2.75) is 32.1 Å². The van der Waals surface area contributed by atoms with Crippen molar-refractivity contribution in [1.29, 1.82) is 0 Å². The lowest BCUT2D eigenvalue weighted by atomic mass is 10.1. The number of hydrogen-bond acceptors (Lipinski definition) is 5. The molecule has 0 unspecified atom stereocenters. The summed E-state index contributed by atoms with van der Waals surface area (Å²) in [5.41, 5.74) is 5.36. The molecule has 3 N–H and O–H groups in total. The average molecular weight is 334 g/mol. The summed E-state index contributed by atoms with van der Waals surface area (Å²) in [4.78, 5) is 36.2. The SMILES string of the molecule is Nc1ccc(C(=O)NCCC(=O)N2CCCCCC2)cc1[N+](=O)[O-]. The van der Waals surface area contributed by atoms with E-state index in [4.69, 9.17) is 5.73 Å². The molecule has 1 aliphatic heterocycles. The van der Waals surface area contributed by atoms with Crippen molar-refractivity contribution < 1.29 is 14.5 Å². The maximum Gasteiger partial charge on any atom is 0.292 e. The molecule has 24 heavy (non-hydrogen) atoms. The minimum absolute atomic E-state index is 0.00731. The monoisotopic (exact) mass is 334 g/mol. The fraction of sp³-hybridized carbons (Fsp3) is 0.500. The van der Waals surface area contributed by atoms with Crippen molar-refractivity contribution in [3.05, 3.63) is 33.9 Å². The number of carbonyl (C=O) groups is 2. The standard InChI is InChI=1S/C16H22N4O4/c17-13-6-5-12(11-14(13)20(23)24)16(22)18-8-7-15(21)19-9-3-1-2-4-10-19/h5-6,11H,1-4,7-10,17H2,(H,18,22). The van der Waals surface area contributed by atoms with E-state index >= 15 is 0 Å². The normalized spacial score (nSPS) is 14.8. The second-order valence-corrected chi connectivity index (χ2v) is 5.83. The number of nitro groups is 1. The van der Waals surface area contributed by atoms with Gasteiger partial charge in [-0.1, -0.05) is 12.8 Å². The maximum atomic E-state index is 12.1. The third-order valence-electron chi connectivity index (χ3n) is 4.07. The van der Waals surface area contributed by atoms with Gasteiger partial charge in [-0.2, -0.15) is 0 Å². The molecule has 2 rings (SSSR count). The number of nitrogens with two attached hydrogens (primary N) is 1. The number of nitro benzene ring substituents is 1. The van der Waals surface area contributed by atoms with Crippen LogP contribution in [0.25, 0.3) is 0 Å². The molecule has 1 aromatic carbocycles. The predicted octanol–water partition coefficient (Wildman–Crippen LogP) is 1.70. The molecule has 0 aliphatic carbocycles. The van der Waals surface area contributed by atoms with E-state index in [1.54, 1.807) is 0 Å². The number of likely N-dealkylation sites (tertiary alicyclic amines) is 1. The Morgan fingerprint density at radius 2 is 1.88 bits per heavy atom. The van der Waals surface area contributed by atoms with E-state index in [1.807, 2.05) is 4.90 Å². The van der Waals surface area contributed by atoms with Crippen molar-refractivity contribution in [1.82, 2.24) is 10.2 Å². The van der Waals surface area contributed by atoms with E-state index in [2.05, 4.69) is 5.32 Å². The number of rotatable bonds is 5. The Morgan fingerprint density at radius 3 is 2.50 bits per heavy atom. The zero-order valence-electron chi connectivity index (χ0n) is 13.5. The summed E-state index contributed by atoms with van der Waals surface area (Å²) < 4.78 is 0. The Kier molecular flexibility index (Phi) is 6.11. The fourth-order valence-corrected chi connectivity index (χ4v) is 2.71. The highest BCUT2D eigenvalue weighted by Gasteiger charge is 2.17. The molecule has 0 spiro atoms. The van der Waals surface area contributed by atoms with Crippen LogP contribution in [0.2, 0.25) is 0 Å². The molecular formula is C16H22N4O4. The third kappa shape index (κ3) is 4.68. The lowest BCUT2D eigenvalue weighted by Gasteiger charge is -2.20. The summed E-state index contributed by atoms with van der Waals surface area (Å²) in [6.07, 6.45) is 4.57. The number of nitrogens with one attached hydrogen (secondary N) is 1. The molecular weight excluding hydrogens is 312 g/mol. The molecule has 1 fully saturated rings. The van der Waals surface area contributed by atoms with E-state index in [-0.39, 0.29) is 35.8 Å². The minimum Gasteiger partial charge on any atom is -0.393 e. The van der Waals surface area contributed by atoms with Crippen LogP contribution in [-0.4, -0.2) is 41.3 Å². The molecule has 1 aliphatic rings. The molecule has 130 valence electrons. The van der Waals surface area contributed by atoms with Gasteiger partial charge in [0.15, 0.2) is 0 Å². The highest BCUT2D eigenvalue weighted by atomic mass is 16.6. The lowest BCUT2D eigenvalue weighted by molar-refractivity contribution is -0.383. The second-order valence-electron chi connectivity index (χ2n) is 5.83. The predicted molar refractivity (Wildman–Crippen MR) is 89.5 cm³/mol. The van der Waals surface area contributed by atoms with Crippen molar-refractivity contribution in [3.8, 4) is 0 Å². The Labute approximate surface area is 140 Å². The zero-order chi connectivity index (χ0) is 17.5. The number of amides is 2. The van der Waals surface area contributed by atoms with E-state index in [0.717, 1.165) is 44.8 Å². The van der Waals surface area contributed by atoms with E-state index in [9.17, 15) is 19.7 Å². The molecule has 1 heterocycles. The highest BCUT2D eigenvalue weighted by molar-refractivity contribution is 5.95. The number of anilines is 1. The van der Waals surface area contributed by atoms with Crippen LogP contribution in [0.1, 0.15) is 42.5 Å². The maximum absolute atomic E-state index is 12.1. The molecule has 8 heteroatoms. The lowest BCUT2D eigenvalue weighted by Crippen LogP contribution is -2.35. The van der Waals surface area contributed by atoms with Gasteiger partial charge in [0.2, 0.25) is 5.91 Å². The third-order valence-corrected chi connectivity index (χ3v) is 4.07. The Hall–Kier alpha value is -2.64. The molecule has 1 aromatic rings. The summed E-state index contributed by atoms with van der Waals surface area (Å²) >= 11 is 0. The summed E-state index contributed by atoms with van der Waals surface area (Å²) in [5.74, 6) is -0.428. The van der Waals surface area contributed by atoms with E-state index < -0.39 is 10.8 Å². The van der Waals surface area contributed by atoms with Gasteiger partial charge in [0.1, 0.15) is 5.69 Å². The van der Waals surface area contributed by atoms with Gasteiger partial charge < -0.3 is 16.0 Å². The van der Waals surface area contributed by atoms with E-state index in [1.165, 1.54) is 12.1 Å². The smallest absolute Gasteiger partial charge is 0.292 e. The molecule has 0 saturated carbocycles. The first-order chi connectivity index (χ1) is 11.5. The van der Waals surface area contributed by atoms with Gasteiger partial charge in [0, 0.05) is 37.7 Å². The van der Waals surface area contributed by atoms with Crippen molar-refractivity contribution in [3.63, 3.8) is 0 Å². The van der Waals surface area contributed by atoms with Crippen LogP contribution < -0.4 is 11.1 Å². The van der Waals surface area contributed by atoms with Gasteiger partial charge in [-0.15, -0.1) is 0 Å². The van der Waals surface area contributed by atoms with E-state index in [0.29, 0.717) is 0 Å². The first-order valence-corrected chi connectivity index (χ1v) is 8.09. The minimum atomic E-state index is -0.630. The van der Waals surface area contributed by atoms with Crippen LogP contribution in [0.3, 0.4) is 0 Å². The summed E-state index contributed by atoms with van der Waals surface area (Å²) in [6, 6.07) is 3.89. The number of carbonyl (C=O) groups excluding carboxylic acids is 2. The van der Waals surface area contributed by atoms with Crippen molar-refractivity contribution in [2.75, 3.05) is 25.4 Å². The second kappa shape index (κ2) is 8.28. The molecule has 0 aromatic heterocycles. The van der Waals surface area contributed by atoms with Crippen LogP contribution in [0.15, 0.2) is 18.2 Å². The molecule has 8 nitrogen and oxygen atoms in total. The van der Waals surface area contributed by atoms with Gasteiger partial charge >= 0.3 is 0 Å².